The van der Waals surface area contributed by atoms with Crippen molar-refractivity contribution >= 4 is 23.3 Å². The number of hydrogen-bond donors (Lipinski definition) is 3. The maximum atomic E-state index is 13.4. The number of piperidine rings is 1. The molecule has 1 fully saturated rings. The van der Waals surface area contributed by atoms with Crippen LogP contribution in [0.3, 0.4) is 0 Å². The molecule has 220 valence electrons. The zero-order chi connectivity index (χ0) is 29.4. The highest BCUT2D eigenvalue weighted by Gasteiger charge is 2.30. The van der Waals surface area contributed by atoms with E-state index in [4.69, 9.17) is 5.10 Å². The topological polar surface area (TPSA) is 88.1 Å². The van der Waals surface area contributed by atoms with Gasteiger partial charge in [0.15, 0.2) is 0 Å². The van der Waals surface area contributed by atoms with Crippen LogP contribution in [-0.2, 0) is 10.2 Å². The number of rotatable bonds is 11. The van der Waals surface area contributed by atoms with E-state index in [9.17, 15) is 9.59 Å². The molecule has 0 aliphatic carbocycles. The Morgan fingerprint density at radius 2 is 1.66 bits per heavy atom. The summed E-state index contributed by atoms with van der Waals surface area (Å²) in [5.74, 6) is 1.23. The van der Waals surface area contributed by atoms with Crippen LogP contribution >= 0.6 is 0 Å². The molecule has 3 aromatic rings. The van der Waals surface area contributed by atoms with Crippen LogP contribution in [0, 0.1) is 12.8 Å². The molecule has 2 amide bonds. The van der Waals surface area contributed by atoms with E-state index >= 15 is 0 Å². The Kier molecular flexibility index (Phi) is 10.4. The predicted octanol–water partition coefficient (Wildman–Crippen LogP) is 7.74. The van der Waals surface area contributed by atoms with E-state index in [-0.39, 0.29) is 17.4 Å². The standard InChI is InChI=1S/C34H47N5O2/c1-6-7-8-9-10-29(40)32(26-19-21-35-22-20-26)25-13-15-27(16-14-25)36-33(41)37-31-23-30(34(3,4)5)38-39(31)28-17-11-24(2)12-18-28/h11-18,23,26,32,35H,6-10,19-22H2,1-5H3,(H2,36,37,41). The van der Waals surface area contributed by atoms with E-state index in [1.807, 2.05) is 61.5 Å². The molecule has 3 N–H and O–H groups in total. The number of benzene rings is 2. The second kappa shape index (κ2) is 13.9. The molecule has 4 rings (SSSR count). The number of nitrogens with one attached hydrogen (secondary N) is 3. The number of amides is 2. The average molecular weight is 558 g/mol. The van der Waals surface area contributed by atoms with Crippen molar-refractivity contribution in [3.8, 4) is 5.69 Å². The molecule has 1 aromatic heterocycles. The molecular formula is C34H47N5O2. The molecule has 0 spiro atoms. The highest BCUT2D eigenvalue weighted by Crippen LogP contribution is 2.34. The molecule has 0 bridgehead atoms. The maximum absolute atomic E-state index is 13.4. The number of carbonyl (C=O) groups is 2. The van der Waals surface area contributed by atoms with Crippen LogP contribution in [0.1, 0.15) is 95.4 Å². The zero-order valence-electron chi connectivity index (χ0n) is 25.4. The summed E-state index contributed by atoms with van der Waals surface area (Å²) >= 11 is 0. The van der Waals surface area contributed by atoms with E-state index in [2.05, 4.69) is 43.6 Å². The second-order valence-corrected chi connectivity index (χ2v) is 12.5. The van der Waals surface area contributed by atoms with Crippen LogP contribution in [-0.4, -0.2) is 34.7 Å². The van der Waals surface area contributed by atoms with Gasteiger partial charge in [0.1, 0.15) is 11.6 Å². The lowest BCUT2D eigenvalue weighted by atomic mass is 9.77. The van der Waals surface area contributed by atoms with Crippen LogP contribution in [0.15, 0.2) is 54.6 Å². The van der Waals surface area contributed by atoms with Gasteiger partial charge in [-0.3, -0.25) is 10.1 Å². The first-order valence-corrected chi connectivity index (χ1v) is 15.2. The van der Waals surface area contributed by atoms with Gasteiger partial charge in [-0.25, -0.2) is 9.48 Å². The molecule has 1 aliphatic heterocycles. The Morgan fingerprint density at radius 3 is 2.29 bits per heavy atom. The third-order valence-corrected chi connectivity index (χ3v) is 8.00. The summed E-state index contributed by atoms with van der Waals surface area (Å²) in [6.07, 6.45) is 7.08. The summed E-state index contributed by atoms with van der Waals surface area (Å²) in [6, 6.07) is 17.5. The monoisotopic (exact) mass is 557 g/mol. The van der Waals surface area contributed by atoms with Gasteiger partial charge in [0.2, 0.25) is 0 Å². The number of carbonyl (C=O) groups excluding carboxylic acids is 2. The van der Waals surface area contributed by atoms with Crippen molar-refractivity contribution in [2.75, 3.05) is 23.7 Å². The smallest absolute Gasteiger partial charge is 0.317 e. The number of ketones is 1. The molecule has 1 atom stereocenters. The first-order valence-electron chi connectivity index (χ1n) is 15.2. The van der Waals surface area contributed by atoms with E-state index in [0.29, 0.717) is 29.6 Å². The van der Waals surface area contributed by atoms with Gasteiger partial charge in [-0.1, -0.05) is 76.8 Å². The summed E-state index contributed by atoms with van der Waals surface area (Å²) in [4.78, 5) is 26.5. The highest BCUT2D eigenvalue weighted by molar-refractivity contribution is 5.99. The quantitative estimate of drug-likeness (QED) is 0.210. The van der Waals surface area contributed by atoms with E-state index in [1.165, 1.54) is 12.8 Å². The van der Waals surface area contributed by atoms with Crippen molar-refractivity contribution in [1.29, 1.82) is 0 Å². The number of aromatic nitrogens is 2. The van der Waals surface area contributed by atoms with Gasteiger partial charge in [-0.05, 0) is 75.0 Å². The predicted molar refractivity (Wildman–Crippen MR) is 168 cm³/mol. The largest absolute Gasteiger partial charge is 0.324 e. The van der Waals surface area contributed by atoms with Crippen molar-refractivity contribution in [2.24, 2.45) is 5.92 Å². The third-order valence-electron chi connectivity index (χ3n) is 8.00. The molecule has 1 aliphatic rings. The Morgan fingerprint density at radius 1 is 0.976 bits per heavy atom. The molecule has 0 radical (unpaired) electrons. The molecule has 7 heteroatoms. The number of anilines is 2. The minimum Gasteiger partial charge on any atom is -0.317 e. The molecule has 1 unspecified atom stereocenters. The first kappa shape index (κ1) is 30.5. The summed E-state index contributed by atoms with van der Waals surface area (Å²) in [7, 11) is 0. The van der Waals surface area contributed by atoms with Gasteiger partial charge >= 0.3 is 6.03 Å². The fraction of sp³-hybridized carbons (Fsp3) is 0.500. The Hall–Kier alpha value is -3.45. The summed E-state index contributed by atoms with van der Waals surface area (Å²) in [5.41, 5.74) is 4.50. The van der Waals surface area contributed by atoms with Crippen molar-refractivity contribution in [3.05, 3.63) is 71.4 Å². The molecule has 0 saturated carbocycles. The second-order valence-electron chi connectivity index (χ2n) is 12.5. The lowest BCUT2D eigenvalue weighted by Gasteiger charge is -2.30. The van der Waals surface area contributed by atoms with Crippen molar-refractivity contribution < 1.29 is 9.59 Å². The zero-order valence-corrected chi connectivity index (χ0v) is 25.4. The average Bonchev–Trinajstić information content (AvgIpc) is 3.37. The summed E-state index contributed by atoms with van der Waals surface area (Å²) < 4.78 is 1.78. The fourth-order valence-corrected chi connectivity index (χ4v) is 5.55. The van der Waals surface area contributed by atoms with E-state index in [1.54, 1.807) is 4.68 Å². The van der Waals surface area contributed by atoms with E-state index < -0.39 is 0 Å². The van der Waals surface area contributed by atoms with Crippen LogP contribution in [0.2, 0.25) is 0 Å². The lowest BCUT2D eigenvalue weighted by molar-refractivity contribution is -0.122. The normalized spacial score (nSPS) is 15.0. The SMILES string of the molecule is CCCCCCC(=O)C(c1ccc(NC(=O)Nc2cc(C(C)(C)C)nn2-c2ccc(C)cc2)cc1)C1CCNCC1. The minimum absolute atomic E-state index is 0.0821. The molecular weight excluding hydrogens is 510 g/mol. The number of hydrogen-bond acceptors (Lipinski definition) is 4. The Labute approximate surface area is 245 Å². The van der Waals surface area contributed by atoms with Gasteiger partial charge in [-0.15, -0.1) is 0 Å². The lowest BCUT2D eigenvalue weighted by Crippen LogP contribution is -2.33. The molecule has 7 nitrogen and oxygen atoms in total. The van der Waals surface area contributed by atoms with Gasteiger partial charge in [0.05, 0.1) is 11.4 Å². The van der Waals surface area contributed by atoms with Crippen LogP contribution in [0.4, 0.5) is 16.3 Å². The first-order chi connectivity index (χ1) is 19.7. The van der Waals surface area contributed by atoms with Gasteiger partial charge in [-0.2, -0.15) is 5.10 Å². The minimum atomic E-state index is -0.339. The number of urea groups is 1. The highest BCUT2D eigenvalue weighted by atomic mass is 16.2. The molecule has 41 heavy (non-hydrogen) atoms. The van der Waals surface area contributed by atoms with Crippen molar-refractivity contribution in [2.45, 2.75) is 90.9 Å². The molecule has 2 heterocycles. The van der Waals surface area contributed by atoms with Crippen LogP contribution in [0.5, 0.6) is 0 Å². The third kappa shape index (κ3) is 8.29. The summed E-state index contributed by atoms with van der Waals surface area (Å²) in [5, 5.41) is 14.2. The number of nitrogens with zero attached hydrogens (tertiary/aromatic N) is 2. The van der Waals surface area contributed by atoms with Crippen LogP contribution in [0.25, 0.3) is 5.69 Å². The van der Waals surface area contributed by atoms with Gasteiger partial charge in [0, 0.05) is 29.5 Å². The number of unbranched alkanes of at least 4 members (excludes halogenated alkanes) is 3. The van der Waals surface area contributed by atoms with Crippen molar-refractivity contribution in [1.82, 2.24) is 15.1 Å². The van der Waals surface area contributed by atoms with Crippen LogP contribution < -0.4 is 16.0 Å². The number of aryl methyl sites for hydroxylation is 1. The van der Waals surface area contributed by atoms with Crippen molar-refractivity contribution in [3.63, 3.8) is 0 Å². The van der Waals surface area contributed by atoms with Gasteiger partial charge in [0.25, 0.3) is 0 Å². The number of Topliss-reactive ketones (excluding diaryl/α,β-unsaturated/α-hetero) is 1. The van der Waals surface area contributed by atoms with E-state index in [0.717, 1.165) is 61.3 Å². The maximum Gasteiger partial charge on any atom is 0.324 e. The molecule has 1 saturated heterocycles. The Bertz CT molecular complexity index is 1280. The Balaban J connectivity index is 1.47. The molecule has 2 aromatic carbocycles. The van der Waals surface area contributed by atoms with Gasteiger partial charge < -0.3 is 10.6 Å². The fourth-order valence-electron chi connectivity index (χ4n) is 5.55. The summed E-state index contributed by atoms with van der Waals surface area (Å²) in [6.45, 7) is 12.5.